The highest BCUT2D eigenvalue weighted by molar-refractivity contribution is 6.08. The van der Waals surface area contributed by atoms with Gasteiger partial charge in [-0.25, -0.2) is 4.98 Å². The van der Waals surface area contributed by atoms with Gasteiger partial charge in [0, 0.05) is 39.2 Å². The minimum atomic E-state index is -2.46. The van der Waals surface area contributed by atoms with Crippen LogP contribution in [0.25, 0.3) is 33.3 Å². The molecule has 0 atom stereocenters. The number of nitrogens with zero attached hydrogens (tertiary/aromatic N) is 2. The van der Waals surface area contributed by atoms with Gasteiger partial charge in [0.15, 0.2) is 0 Å². The largest absolute Gasteiger partial charge is 0.437 e. The lowest BCUT2D eigenvalue weighted by atomic mass is 9.92. The van der Waals surface area contributed by atoms with Gasteiger partial charge in [0.1, 0.15) is 5.58 Å². The molecule has 2 aromatic carbocycles. The second-order valence-electron chi connectivity index (χ2n) is 7.42. The lowest BCUT2D eigenvalue weighted by Crippen LogP contribution is -2.03. The Kier molecular flexibility index (Phi) is 2.92. The minimum Gasteiger partial charge on any atom is -0.437 e. The second kappa shape index (κ2) is 7.66. The first-order chi connectivity index (χ1) is 18.3. The summed E-state index contributed by atoms with van der Waals surface area (Å²) in [5.74, 6) is 0. The Morgan fingerprint density at radius 3 is 2.65 bits per heavy atom. The Balaban J connectivity index is 1.48. The van der Waals surface area contributed by atoms with Crippen LogP contribution in [-0.2, 0) is 25.5 Å². The number of furan rings is 1. The molecule has 5 aromatic rings. The van der Waals surface area contributed by atoms with Crippen LogP contribution in [0.5, 0.6) is 0 Å². The van der Waals surface area contributed by atoms with Crippen molar-refractivity contribution in [2.75, 3.05) is 0 Å². The summed E-state index contributed by atoms with van der Waals surface area (Å²) in [6, 6.07) is 18.3. The van der Waals surface area contributed by atoms with E-state index in [1.54, 1.807) is 48.5 Å². The average molecular weight is 413 g/mol. The van der Waals surface area contributed by atoms with E-state index in [0.717, 1.165) is 0 Å². The van der Waals surface area contributed by atoms with Crippen LogP contribution in [0.2, 0.25) is 0 Å². The molecule has 0 bridgehead atoms. The van der Waals surface area contributed by atoms with Crippen molar-refractivity contribution in [3.63, 3.8) is 0 Å². The van der Waals surface area contributed by atoms with Crippen LogP contribution in [0.3, 0.4) is 0 Å². The molecule has 3 nitrogen and oxygen atoms in total. The molecule has 0 amide bonds. The average Bonchev–Trinajstić information content (AvgIpc) is 3.30. The highest BCUT2D eigenvalue weighted by atomic mass is 16.3. The SMILES string of the molecule is [2H]C1([2H])CCC([2H])([2H])c2cc(-c3cccc4c3oc3nc(C([2H])([2H])C([2H])([2H])c5ccccc5)ccc34)ncc21. The topological polar surface area (TPSA) is 38.9 Å². The molecule has 0 radical (unpaired) electrons. The molecule has 3 heteroatoms. The maximum absolute atomic E-state index is 8.66. The van der Waals surface area contributed by atoms with Crippen LogP contribution in [-0.4, -0.2) is 9.97 Å². The van der Waals surface area contributed by atoms with Crippen LogP contribution >= 0.6 is 0 Å². The van der Waals surface area contributed by atoms with E-state index < -0.39 is 25.5 Å². The first-order valence-electron chi connectivity index (χ1n) is 14.2. The quantitative estimate of drug-likeness (QED) is 0.329. The fraction of sp³-hybridized carbons (Fsp3) is 0.214. The zero-order valence-electron chi connectivity index (χ0n) is 24.6. The molecule has 0 fully saturated rings. The Morgan fingerprint density at radius 1 is 0.871 bits per heavy atom. The van der Waals surface area contributed by atoms with E-state index in [4.69, 9.17) is 15.4 Å². The van der Waals surface area contributed by atoms with E-state index in [1.807, 2.05) is 12.1 Å². The van der Waals surface area contributed by atoms with Gasteiger partial charge in [0.2, 0.25) is 5.71 Å². The number of para-hydroxylation sites is 1. The number of benzene rings is 2. The van der Waals surface area contributed by atoms with Crippen LogP contribution in [0, 0.1) is 0 Å². The van der Waals surface area contributed by atoms with Crippen molar-refractivity contribution in [1.29, 1.82) is 0 Å². The Labute approximate surface area is 193 Å². The van der Waals surface area contributed by atoms with Crippen molar-refractivity contribution >= 4 is 22.1 Å². The monoisotopic (exact) mass is 412 g/mol. The fourth-order valence-electron chi connectivity index (χ4n) is 3.89. The summed E-state index contributed by atoms with van der Waals surface area (Å²) in [6.45, 7) is 0. The molecule has 6 rings (SSSR count). The number of hydrogen-bond acceptors (Lipinski definition) is 3. The Hall–Kier alpha value is -3.46. The Morgan fingerprint density at radius 2 is 1.74 bits per heavy atom. The predicted molar refractivity (Wildman–Crippen MR) is 125 cm³/mol. The maximum atomic E-state index is 8.66. The van der Waals surface area contributed by atoms with Gasteiger partial charge in [-0.3, -0.25) is 4.98 Å². The lowest BCUT2D eigenvalue weighted by Gasteiger charge is -2.15. The molecule has 0 saturated heterocycles. The first-order valence-corrected chi connectivity index (χ1v) is 10.2. The van der Waals surface area contributed by atoms with Crippen molar-refractivity contribution in [3.05, 3.63) is 95.3 Å². The first kappa shape index (κ1) is 11.8. The van der Waals surface area contributed by atoms with Gasteiger partial charge in [-0.15, -0.1) is 0 Å². The summed E-state index contributed by atoms with van der Waals surface area (Å²) >= 11 is 0. The summed E-state index contributed by atoms with van der Waals surface area (Å²) in [4.78, 5) is 8.88. The van der Waals surface area contributed by atoms with Gasteiger partial charge in [0.25, 0.3) is 0 Å². The number of fused-ring (bicyclic) bond motifs is 4. The van der Waals surface area contributed by atoms with Crippen molar-refractivity contribution in [2.24, 2.45) is 0 Å². The van der Waals surface area contributed by atoms with E-state index in [2.05, 4.69) is 9.97 Å². The molecule has 1 aliphatic rings. The molecular formula is C28H24N2O. The number of rotatable bonds is 4. The molecule has 0 saturated carbocycles. The summed E-state index contributed by atoms with van der Waals surface area (Å²) in [7, 11) is 0. The third-order valence-corrected chi connectivity index (χ3v) is 5.41. The standard InChI is InChI=1S/C28H24N2O/c1-2-7-19(8-3-1)13-14-22-15-16-24-23-11-6-12-25(27(23)31-28(24)30-22)26-17-20-9-4-5-10-21(20)18-29-26/h1-3,6-8,11-12,15-18H,4-5,9-10,13-14H2/i9D2,10D2,13D2,14D2. The maximum Gasteiger partial charge on any atom is 0.227 e. The van der Waals surface area contributed by atoms with Gasteiger partial charge >= 0.3 is 0 Å². The fourth-order valence-corrected chi connectivity index (χ4v) is 3.89. The molecule has 0 aliphatic heterocycles. The lowest BCUT2D eigenvalue weighted by molar-refractivity contribution is 0.651. The highest BCUT2D eigenvalue weighted by Gasteiger charge is 2.16. The molecule has 0 N–H and O–H groups in total. The van der Waals surface area contributed by atoms with Crippen molar-refractivity contribution in [1.82, 2.24) is 9.97 Å². The van der Waals surface area contributed by atoms with Crippen molar-refractivity contribution in [2.45, 2.75) is 38.3 Å². The molecule has 152 valence electrons. The normalized spacial score (nSPS) is 21.5. The van der Waals surface area contributed by atoms with Crippen LogP contribution < -0.4 is 0 Å². The van der Waals surface area contributed by atoms with Crippen molar-refractivity contribution in [3.8, 4) is 11.3 Å². The summed E-state index contributed by atoms with van der Waals surface area (Å²) < 4.78 is 74.1. The zero-order chi connectivity index (χ0) is 27.8. The van der Waals surface area contributed by atoms with Gasteiger partial charge in [0.05, 0.1) is 5.69 Å². The molecule has 0 spiro atoms. The summed E-state index contributed by atoms with van der Waals surface area (Å²) in [5, 5.41) is 1.32. The number of aryl methyl sites for hydroxylation is 4. The molecule has 31 heavy (non-hydrogen) atoms. The van der Waals surface area contributed by atoms with E-state index in [0.29, 0.717) is 27.6 Å². The van der Waals surface area contributed by atoms with Crippen LogP contribution in [0.4, 0.5) is 0 Å². The highest BCUT2D eigenvalue weighted by Crippen LogP contribution is 2.35. The molecule has 3 heterocycles. The van der Waals surface area contributed by atoms with Gasteiger partial charge in [-0.1, -0.05) is 42.5 Å². The van der Waals surface area contributed by atoms with E-state index >= 15 is 0 Å². The van der Waals surface area contributed by atoms with E-state index in [-0.39, 0.29) is 40.9 Å². The minimum absolute atomic E-state index is 0.0659. The van der Waals surface area contributed by atoms with Gasteiger partial charge in [-0.05, 0) is 79.3 Å². The number of pyridine rings is 2. The molecule has 1 aliphatic carbocycles. The van der Waals surface area contributed by atoms with Gasteiger partial charge < -0.3 is 4.42 Å². The number of aromatic nitrogens is 2. The van der Waals surface area contributed by atoms with Gasteiger partial charge in [-0.2, -0.15) is 0 Å². The van der Waals surface area contributed by atoms with Crippen molar-refractivity contribution < 1.29 is 15.4 Å². The molecular weight excluding hydrogens is 380 g/mol. The number of hydrogen-bond donors (Lipinski definition) is 0. The Bertz CT molecular complexity index is 1730. The van der Waals surface area contributed by atoms with Crippen LogP contribution in [0.15, 0.2) is 77.3 Å². The summed E-state index contributed by atoms with van der Waals surface area (Å²) in [6.07, 6.45) is -6.63. The molecule has 0 unspecified atom stereocenters. The predicted octanol–water partition coefficient (Wildman–Crippen LogP) is 6.71. The third-order valence-electron chi connectivity index (χ3n) is 5.41. The summed E-state index contributed by atoms with van der Waals surface area (Å²) in [5.41, 5.74) is 2.19. The molecule has 3 aromatic heterocycles. The third kappa shape index (κ3) is 3.40. The van der Waals surface area contributed by atoms with E-state index in [1.165, 1.54) is 12.3 Å². The zero-order valence-corrected chi connectivity index (χ0v) is 16.6. The van der Waals surface area contributed by atoms with Crippen LogP contribution in [0.1, 0.15) is 46.2 Å². The van der Waals surface area contributed by atoms with E-state index in [9.17, 15) is 0 Å². The smallest absolute Gasteiger partial charge is 0.227 e. The second-order valence-corrected chi connectivity index (χ2v) is 7.42.